The Morgan fingerprint density at radius 3 is 2.62 bits per heavy atom. The first-order chi connectivity index (χ1) is 11.6. The van der Waals surface area contributed by atoms with Gasteiger partial charge in [0, 0.05) is 6.04 Å². The largest absolute Gasteiger partial charge is 0.352 e. The SMILES string of the molecule is C[C@@H](CCc1ccccc1)NC(=O)Cn1c(=O)sc2ccccc21. The van der Waals surface area contributed by atoms with E-state index in [1.165, 1.54) is 16.9 Å². The molecule has 0 aliphatic heterocycles. The zero-order valence-corrected chi connectivity index (χ0v) is 14.4. The highest BCUT2D eigenvalue weighted by Crippen LogP contribution is 2.16. The second-order valence-corrected chi connectivity index (χ2v) is 6.91. The summed E-state index contributed by atoms with van der Waals surface area (Å²) in [4.78, 5) is 24.2. The van der Waals surface area contributed by atoms with Crippen molar-refractivity contribution in [3.05, 3.63) is 69.8 Å². The number of thiazole rings is 1. The topological polar surface area (TPSA) is 51.1 Å². The van der Waals surface area contributed by atoms with Crippen LogP contribution in [0.1, 0.15) is 18.9 Å². The molecule has 0 fully saturated rings. The monoisotopic (exact) mass is 340 g/mol. The number of nitrogens with one attached hydrogen (secondary N) is 1. The number of rotatable bonds is 6. The third-order valence-electron chi connectivity index (χ3n) is 3.99. The zero-order valence-electron chi connectivity index (χ0n) is 13.6. The van der Waals surface area contributed by atoms with Crippen molar-refractivity contribution in [3.8, 4) is 0 Å². The van der Waals surface area contributed by atoms with Crippen LogP contribution in [-0.4, -0.2) is 16.5 Å². The Labute approximate surface area is 144 Å². The second-order valence-electron chi connectivity index (χ2n) is 5.91. The van der Waals surface area contributed by atoms with E-state index in [1.807, 2.05) is 49.4 Å². The third kappa shape index (κ3) is 3.92. The molecule has 4 nitrogen and oxygen atoms in total. The smallest absolute Gasteiger partial charge is 0.308 e. The van der Waals surface area contributed by atoms with Gasteiger partial charge in [0.15, 0.2) is 0 Å². The lowest BCUT2D eigenvalue weighted by molar-refractivity contribution is -0.122. The lowest BCUT2D eigenvalue weighted by Gasteiger charge is -2.14. The fourth-order valence-corrected chi connectivity index (χ4v) is 3.62. The van der Waals surface area contributed by atoms with Crippen LogP contribution in [0.3, 0.4) is 0 Å². The molecule has 0 bridgehead atoms. The second kappa shape index (κ2) is 7.45. The van der Waals surface area contributed by atoms with Crippen LogP contribution >= 0.6 is 11.3 Å². The first-order valence-corrected chi connectivity index (χ1v) is 8.87. The van der Waals surface area contributed by atoms with Crippen molar-refractivity contribution in [1.82, 2.24) is 9.88 Å². The van der Waals surface area contributed by atoms with E-state index in [0.717, 1.165) is 23.1 Å². The highest BCUT2D eigenvalue weighted by molar-refractivity contribution is 7.16. The standard InChI is InChI=1S/C19H20N2O2S/c1-14(11-12-15-7-3-2-4-8-15)20-18(22)13-21-16-9-5-6-10-17(16)24-19(21)23/h2-10,14H,11-13H2,1H3,(H,20,22)/t14-/m0/s1. The highest BCUT2D eigenvalue weighted by atomic mass is 32.1. The fraction of sp³-hybridized carbons (Fsp3) is 0.263. The number of carbonyl (C=O) groups is 1. The summed E-state index contributed by atoms with van der Waals surface area (Å²) in [5.41, 5.74) is 2.08. The van der Waals surface area contributed by atoms with Crippen LogP contribution in [0, 0.1) is 0 Å². The van der Waals surface area contributed by atoms with Crippen molar-refractivity contribution < 1.29 is 4.79 Å². The third-order valence-corrected chi connectivity index (χ3v) is 4.95. The molecule has 0 aliphatic carbocycles. The maximum atomic E-state index is 12.3. The maximum Gasteiger partial charge on any atom is 0.308 e. The first kappa shape index (κ1) is 16.5. The first-order valence-electron chi connectivity index (χ1n) is 8.05. The summed E-state index contributed by atoms with van der Waals surface area (Å²) in [6.45, 7) is 2.06. The van der Waals surface area contributed by atoms with E-state index < -0.39 is 0 Å². The normalized spacial score (nSPS) is 12.2. The van der Waals surface area contributed by atoms with Gasteiger partial charge >= 0.3 is 4.87 Å². The number of nitrogens with zero attached hydrogens (tertiary/aromatic N) is 1. The lowest BCUT2D eigenvalue weighted by atomic mass is 10.1. The molecule has 3 aromatic rings. The molecule has 0 saturated carbocycles. The predicted octanol–water partition coefficient (Wildman–Crippen LogP) is 3.20. The van der Waals surface area contributed by atoms with Crippen LogP contribution in [0.15, 0.2) is 59.4 Å². The van der Waals surface area contributed by atoms with Crippen LogP contribution in [0.4, 0.5) is 0 Å². The van der Waals surface area contributed by atoms with Gasteiger partial charge in [-0.25, -0.2) is 0 Å². The van der Waals surface area contributed by atoms with Gasteiger partial charge in [-0.05, 0) is 37.5 Å². The highest BCUT2D eigenvalue weighted by Gasteiger charge is 2.12. The van der Waals surface area contributed by atoms with Crippen molar-refractivity contribution >= 4 is 27.5 Å². The molecule has 1 N–H and O–H groups in total. The van der Waals surface area contributed by atoms with Gasteiger partial charge in [0.05, 0.1) is 10.2 Å². The van der Waals surface area contributed by atoms with Crippen LogP contribution < -0.4 is 10.2 Å². The van der Waals surface area contributed by atoms with E-state index in [9.17, 15) is 9.59 Å². The van der Waals surface area contributed by atoms with E-state index >= 15 is 0 Å². The quantitative estimate of drug-likeness (QED) is 0.749. The van der Waals surface area contributed by atoms with Crippen LogP contribution in [-0.2, 0) is 17.8 Å². The molecular formula is C19H20N2O2S. The number of para-hydroxylation sites is 1. The molecule has 0 saturated heterocycles. The predicted molar refractivity (Wildman–Crippen MR) is 98.5 cm³/mol. The van der Waals surface area contributed by atoms with E-state index in [1.54, 1.807) is 4.57 Å². The van der Waals surface area contributed by atoms with Crippen molar-refractivity contribution in [1.29, 1.82) is 0 Å². The van der Waals surface area contributed by atoms with Gasteiger partial charge in [0.25, 0.3) is 0 Å². The number of fused-ring (bicyclic) bond motifs is 1. The number of aryl methyl sites for hydroxylation is 1. The Morgan fingerprint density at radius 2 is 1.83 bits per heavy atom. The molecule has 0 spiro atoms. The summed E-state index contributed by atoms with van der Waals surface area (Å²) in [5.74, 6) is -0.124. The maximum absolute atomic E-state index is 12.3. The lowest BCUT2D eigenvalue weighted by Crippen LogP contribution is -2.36. The Morgan fingerprint density at radius 1 is 1.12 bits per heavy atom. The van der Waals surface area contributed by atoms with Gasteiger partial charge in [-0.2, -0.15) is 0 Å². The van der Waals surface area contributed by atoms with Gasteiger partial charge in [-0.1, -0.05) is 53.8 Å². The molecule has 24 heavy (non-hydrogen) atoms. The number of aromatic nitrogens is 1. The molecule has 1 heterocycles. The van der Waals surface area contributed by atoms with Gasteiger partial charge < -0.3 is 5.32 Å². The van der Waals surface area contributed by atoms with E-state index in [0.29, 0.717) is 0 Å². The zero-order chi connectivity index (χ0) is 16.9. The molecule has 124 valence electrons. The molecule has 5 heteroatoms. The van der Waals surface area contributed by atoms with Crippen molar-refractivity contribution in [2.75, 3.05) is 0 Å². The molecule has 0 unspecified atom stereocenters. The minimum Gasteiger partial charge on any atom is -0.352 e. The van der Waals surface area contributed by atoms with Gasteiger partial charge in [0.2, 0.25) is 5.91 Å². The van der Waals surface area contributed by atoms with Crippen LogP contribution in [0.25, 0.3) is 10.2 Å². The number of hydrogen-bond acceptors (Lipinski definition) is 3. The molecule has 1 amide bonds. The van der Waals surface area contributed by atoms with Gasteiger partial charge in [0.1, 0.15) is 6.54 Å². The number of hydrogen-bond donors (Lipinski definition) is 1. The summed E-state index contributed by atoms with van der Waals surface area (Å²) in [6.07, 6.45) is 1.79. The minimum atomic E-state index is -0.124. The summed E-state index contributed by atoms with van der Waals surface area (Å²) in [5, 5.41) is 2.99. The van der Waals surface area contributed by atoms with Gasteiger partial charge in [-0.3, -0.25) is 14.2 Å². The number of benzene rings is 2. The van der Waals surface area contributed by atoms with Crippen LogP contribution in [0.5, 0.6) is 0 Å². The molecular weight excluding hydrogens is 320 g/mol. The Hall–Kier alpha value is -2.40. The summed E-state index contributed by atoms with van der Waals surface area (Å²) >= 11 is 1.17. The molecule has 0 radical (unpaired) electrons. The van der Waals surface area contributed by atoms with E-state index in [4.69, 9.17) is 0 Å². The van der Waals surface area contributed by atoms with E-state index in [-0.39, 0.29) is 23.4 Å². The Kier molecular flexibility index (Phi) is 5.11. The average molecular weight is 340 g/mol. The minimum absolute atomic E-state index is 0.0679. The molecule has 3 rings (SSSR count). The molecule has 1 atom stereocenters. The van der Waals surface area contributed by atoms with Crippen molar-refractivity contribution in [3.63, 3.8) is 0 Å². The fourth-order valence-electron chi connectivity index (χ4n) is 2.73. The summed E-state index contributed by atoms with van der Waals surface area (Å²) in [6, 6.07) is 17.8. The van der Waals surface area contributed by atoms with Crippen molar-refractivity contribution in [2.45, 2.75) is 32.4 Å². The van der Waals surface area contributed by atoms with Crippen molar-refractivity contribution in [2.24, 2.45) is 0 Å². The van der Waals surface area contributed by atoms with Crippen LogP contribution in [0.2, 0.25) is 0 Å². The summed E-state index contributed by atoms with van der Waals surface area (Å²) < 4.78 is 2.45. The Bertz CT molecular complexity index is 883. The number of amides is 1. The number of carbonyl (C=O) groups excluding carboxylic acids is 1. The molecule has 1 aromatic heterocycles. The molecule has 2 aromatic carbocycles. The van der Waals surface area contributed by atoms with Gasteiger partial charge in [-0.15, -0.1) is 0 Å². The summed E-state index contributed by atoms with van der Waals surface area (Å²) in [7, 11) is 0. The molecule has 0 aliphatic rings. The average Bonchev–Trinajstić information content (AvgIpc) is 2.90. The van der Waals surface area contributed by atoms with E-state index in [2.05, 4.69) is 17.4 Å². The Balaban J connectivity index is 1.58.